The van der Waals surface area contributed by atoms with E-state index in [0.717, 1.165) is 30.6 Å². The number of aliphatic hydroxyl groups is 1. The lowest BCUT2D eigenvalue weighted by Crippen LogP contribution is -2.36. The molecule has 0 radical (unpaired) electrons. The van der Waals surface area contributed by atoms with E-state index < -0.39 is 6.10 Å². The first-order chi connectivity index (χ1) is 19.1. The first kappa shape index (κ1) is 33.6. The van der Waals surface area contributed by atoms with Crippen LogP contribution in [0.3, 0.4) is 0 Å². The molecule has 2 aromatic carbocycles. The van der Waals surface area contributed by atoms with Crippen molar-refractivity contribution in [2.75, 3.05) is 34.0 Å². The van der Waals surface area contributed by atoms with Gasteiger partial charge in [0.15, 0.2) is 11.5 Å². The molecular formula is C33H50FNO5. The van der Waals surface area contributed by atoms with Gasteiger partial charge in [0.2, 0.25) is 5.91 Å². The maximum absolute atomic E-state index is 13.1. The molecule has 0 saturated heterocycles. The molecule has 0 heterocycles. The summed E-state index contributed by atoms with van der Waals surface area (Å²) in [6.45, 7) is 10.2. The first-order valence-corrected chi connectivity index (χ1v) is 14.6. The van der Waals surface area contributed by atoms with Crippen LogP contribution in [0.5, 0.6) is 11.5 Å². The van der Waals surface area contributed by atoms with Gasteiger partial charge in [0.05, 0.1) is 19.8 Å². The standard InChI is InChI=1S/C33H50FNO5/c1-23(2)27(20-26-10-15-31(39-6)32(21-26)40-19-7-18-38-5)11-14-29(36)22-30(24(3)4)33(37)35-17-16-25-8-12-28(34)13-9-25/h8-10,12-13,15,21,23-24,27,29-30,36H,7,11,14,16-20,22H2,1-6H3,(H,35,37)/t27?,29-,30?/m1/s1. The Balaban J connectivity index is 1.90. The van der Waals surface area contributed by atoms with Gasteiger partial charge in [-0.25, -0.2) is 4.39 Å². The van der Waals surface area contributed by atoms with Gasteiger partial charge in [-0.05, 0) is 85.3 Å². The summed E-state index contributed by atoms with van der Waals surface area (Å²) in [5, 5.41) is 13.9. The van der Waals surface area contributed by atoms with Crippen LogP contribution >= 0.6 is 0 Å². The Morgan fingerprint density at radius 3 is 2.25 bits per heavy atom. The summed E-state index contributed by atoms with van der Waals surface area (Å²) in [4.78, 5) is 12.9. The number of methoxy groups -OCH3 is 2. The normalized spacial score (nSPS) is 13.8. The van der Waals surface area contributed by atoms with E-state index in [4.69, 9.17) is 14.2 Å². The molecule has 2 N–H and O–H groups in total. The van der Waals surface area contributed by atoms with Crippen LogP contribution in [0.2, 0.25) is 0 Å². The number of benzene rings is 2. The number of hydrogen-bond donors (Lipinski definition) is 2. The van der Waals surface area contributed by atoms with Crippen LogP contribution in [-0.2, 0) is 22.4 Å². The van der Waals surface area contributed by atoms with Crippen molar-refractivity contribution in [2.24, 2.45) is 23.7 Å². The molecule has 3 atom stereocenters. The van der Waals surface area contributed by atoms with Gasteiger partial charge < -0.3 is 24.6 Å². The van der Waals surface area contributed by atoms with Crippen molar-refractivity contribution in [2.45, 2.75) is 72.3 Å². The maximum Gasteiger partial charge on any atom is 0.223 e. The molecule has 7 heteroatoms. The van der Waals surface area contributed by atoms with Crippen molar-refractivity contribution >= 4 is 5.91 Å². The highest BCUT2D eigenvalue weighted by Crippen LogP contribution is 2.32. The number of amides is 1. The number of nitrogens with one attached hydrogen (secondary N) is 1. The molecule has 0 aromatic heterocycles. The highest BCUT2D eigenvalue weighted by Gasteiger charge is 2.26. The van der Waals surface area contributed by atoms with Gasteiger partial charge in [-0.15, -0.1) is 0 Å². The first-order valence-electron chi connectivity index (χ1n) is 14.6. The molecule has 2 aromatic rings. The third-order valence-electron chi connectivity index (χ3n) is 7.58. The molecule has 0 aliphatic heterocycles. The van der Waals surface area contributed by atoms with Crippen LogP contribution in [-0.4, -0.2) is 51.1 Å². The minimum atomic E-state index is -0.549. The third kappa shape index (κ3) is 11.8. The topological polar surface area (TPSA) is 77.0 Å². The Morgan fingerprint density at radius 2 is 1.62 bits per heavy atom. The maximum atomic E-state index is 13.1. The van der Waals surface area contributed by atoms with Crippen LogP contribution in [0, 0.1) is 29.5 Å². The van der Waals surface area contributed by atoms with Gasteiger partial charge >= 0.3 is 0 Å². The fraction of sp³-hybridized carbons (Fsp3) is 0.606. The second-order valence-electron chi connectivity index (χ2n) is 11.4. The third-order valence-corrected chi connectivity index (χ3v) is 7.58. The van der Waals surface area contributed by atoms with Crippen molar-refractivity contribution in [3.05, 3.63) is 59.4 Å². The Bertz CT molecular complexity index is 995. The summed E-state index contributed by atoms with van der Waals surface area (Å²) in [7, 11) is 3.33. The summed E-state index contributed by atoms with van der Waals surface area (Å²) in [6.07, 6.45) is 3.72. The summed E-state index contributed by atoms with van der Waals surface area (Å²) in [5.41, 5.74) is 2.15. The van der Waals surface area contributed by atoms with Crippen molar-refractivity contribution in [1.82, 2.24) is 5.32 Å². The molecule has 2 unspecified atom stereocenters. The molecule has 0 fully saturated rings. The molecule has 0 aliphatic rings. The summed E-state index contributed by atoms with van der Waals surface area (Å²) in [5.74, 6) is 1.83. The van der Waals surface area contributed by atoms with Crippen molar-refractivity contribution in [3.63, 3.8) is 0 Å². The van der Waals surface area contributed by atoms with Crippen molar-refractivity contribution in [1.29, 1.82) is 0 Å². The van der Waals surface area contributed by atoms with Gasteiger partial charge in [0.25, 0.3) is 0 Å². The number of carbonyl (C=O) groups excluding carboxylic acids is 1. The summed E-state index contributed by atoms with van der Waals surface area (Å²) in [6, 6.07) is 12.4. The number of aliphatic hydroxyl groups excluding tert-OH is 1. The predicted molar refractivity (Wildman–Crippen MR) is 158 cm³/mol. The fourth-order valence-corrected chi connectivity index (χ4v) is 4.93. The van der Waals surface area contributed by atoms with Gasteiger partial charge in [-0.2, -0.15) is 0 Å². The zero-order valence-corrected chi connectivity index (χ0v) is 25.3. The van der Waals surface area contributed by atoms with Crippen LogP contribution in [0.15, 0.2) is 42.5 Å². The quantitative estimate of drug-likeness (QED) is 0.200. The number of ether oxygens (including phenoxy) is 3. The highest BCUT2D eigenvalue weighted by molar-refractivity contribution is 5.78. The molecule has 0 spiro atoms. The van der Waals surface area contributed by atoms with Crippen molar-refractivity contribution in [3.8, 4) is 11.5 Å². The Kier molecular flexibility index (Phi) is 15.0. The molecule has 1 amide bonds. The lowest BCUT2D eigenvalue weighted by Gasteiger charge is -2.26. The van der Waals surface area contributed by atoms with Gasteiger partial charge in [-0.1, -0.05) is 45.9 Å². The van der Waals surface area contributed by atoms with Gasteiger partial charge in [-0.3, -0.25) is 4.79 Å². The minimum absolute atomic E-state index is 0.0344. The predicted octanol–water partition coefficient (Wildman–Crippen LogP) is 6.23. The lowest BCUT2D eigenvalue weighted by atomic mass is 9.82. The van der Waals surface area contributed by atoms with Crippen LogP contribution in [0.4, 0.5) is 4.39 Å². The lowest BCUT2D eigenvalue weighted by molar-refractivity contribution is -0.127. The smallest absolute Gasteiger partial charge is 0.223 e. The fourth-order valence-electron chi connectivity index (χ4n) is 4.93. The Morgan fingerprint density at radius 1 is 0.925 bits per heavy atom. The number of rotatable bonds is 19. The second-order valence-corrected chi connectivity index (χ2v) is 11.4. The molecule has 0 saturated carbocycles. The molecule has 224 valence electrons. The zero-order valence-electron chi connectivity index (χ0n) is 25.3. The molecule has 0 bridgehead atoms. The second kappa shape index (κ2) is 17.9. The van der Waals surface area contributed by atoms with Crippen LogP contribution in [0.1, 0.15) is 64.5 Å². The van der Waals surface area contributed by atoms with Gasteiger partial charge in [0, 0.05) is 32.6 Å². The van der Waals surface area contributed by atoms with E-state index in [1.165, 1.54) is 17.7 Å². The largest absolute Gasteiger partial charge is 0.493 e. The number of halogens is 1. The molecular weight excluding hydrogens is 509 g/mol. The van der Waals surface area contributed by atoms with E-state index in [1.54, 1.807) is 26.4 Å². The van der Waals surface area contributed by atoms with E-state index in [-0.39, 0.29) is 23.6 Å². The molecule has 40 heavy (non-hydrogen) atoms. The summed E-state index contributed by atoms with van der Waals surface area (Å²) < 4.78 is 29.7. The Hall–Kier alpha value is -2.64. The zero-order chi connectivity index (χ0) is 29.5. The average Bonchev–Trinajstić information content (AvgIpc) is 2.92. The van der Waals surface area contributed by atoms with E-state index in [1.807, 2.05) is 19.9 Å². The van der Waals surface area contributed by atoms with E-state index in [0.29, 0.717) is 56.6 Å². The SMILES string of the molecule is COCCCOc1cc(CC(CC[C@@H](O)CC(C(=O)NCCc2ccc(F)cc2)C(C)C)C(C)C)ccc1OC. The number of carbonyl (C=O) groups is 1. The molecule has 0 aliphatic carbocycles. The molecule has 6 nitrogen and oxygen atoms in total. The molecule has 2 rings (SSSR count). The van der Waals surface area contributed by atoms with Crippen LogP contribution in [0.25, 0.3) is 0 Å². The van der Waals surface area contributed by atoms with Crippen LogP contribution < -0.4 is 14.8 Å². The van der Waals surface area contributed by atoms with E-state index >= 15 is 0 Å². The highest BCUT2D eigenvalue weighted by atomic mass is 19.1. The van der Waals surface area contributed by atoms with E-state index in [9.17, 15) is 14.3 Å². The monoisotopic (exact) mass is 559 g/mol. The van der Waals surface area contributed by atoms with E-state index in [2.05, 4.69) is 31.3 Å². The summed E-state index contributed by atoms with van der Waals surface area (Å²) >= 11 is 0. The Labute approximate surface area is 240 Å². The van der Waals surface area contributed by atoms with Gasteiger partial charge in [0.1, 0.15) is 5.82 Å². The number of hydrogen-bond acceptors (Lipinski definition) is 5. The minimum Gasteiger partial charge on any atom is -0.493 e. The van der Waals surface area contributed by atoms with Crippen molar-refractivity contribution < 1.29 is 28.5 Å². The average molecular weight is 560 g/mol.